The number of rotatable bonds is 9. The molecular formula is C20H27NO4. The van der Waals surface area contributed by atoms with Crippen LogP contribution in [0, 0.1) is 5.92 Å². The van der Waals surface area contributed by atoms with Gasteiger partial charge in [-0.05, 0) is 31.4 Å². The number of esters is 2. The van der Waals surface area contributed by atoms with E-state index in [1.165, 1.54) is 0 Å². The van der Waals surface area contributed by atoms with Crippen LogP contribution in [0.15, 0.2) is 48.2 Å². The van der Waals surface area contributed by atoms with E-state index in [4.69, 9.17) is 9.47 Å². The largest absolute Gasteiger partial charge is 0.464 e. The zero-order chi connectivity index (χ0) is 18.7. The van der Waals surface area contributed by atoms with E-state index >= 15 is 0 Å². The Hall–Kier alpha value is -2.56. The Morgan fingerprint density at radius 1 is 1.16 bits per heavy atom. The van der Waals surface area contributed by atoms with Crippen molar-refractivity contribution < 1.29 is 19.1 Å². The molecule has 0 aliphatic rings. The first-order valence-corrected chi connectivity index (χ1v) is 8.47. The summed E-state index contributed by atoms with van der Waals surface area (Å²) in [6, 6.07) is 9.15. The van der Waals surface area contributed by atoms with Crippen LogP contribution >= 0.6 is 0 Å². The van der Waals surface area contributed by atoms with Crippen LogP contribution in [0.5, 0.6) is 0 Å². The number of nitrogens with one attached hydrogen (secondary N) is 1. The molecule has 0 spiro atoms. The molecule has 1 N–H and O–H groups in total. The van der Waals surface area contributed by atoms with Crippen LogP contribution in [-0.2, 0) is 19.1 Å². The molecule has 1 aromatic rings. The third-order valence-corrected chi connectivity index (χ3v) is 3.45. The highest BCUT2D eigenvalue weighted by Gasteiger charge is 2.26. The molecule has 0 saturated heterocycles. The average molecular weight is 345 g/mol. The molecule has 1 atom stereocenters. The minimum absolute atomic E-state index is 0.0280. The van der Waals surface area contributed by atoms with E-state index in [-0.39, 0.29) is 24.2 Å². The van der Waals surface area contributed by atoms with E-state index in [0.29, 0.717) is 6.61 Å². The number of ether oxygens (including phenoxy) is 2. The Labute approximate surface area is 149 Å². The second-order valence-corrected chi connectivity index (χ2v) is 5.73. The second-order valence-electron chi connectivity index (χ2n) is 5.73. The second kappa shape index (κ2) is 11.1. The van der Waals surface area contributed by atoms with Gasteiger partial charge in [-0.15, -0.1) is 0 Å². The van der Waals surface area contributed by atoms with Crippen molar-refractivity contribution in [1.29, 1.82) is 0 Å². The predicted molar refractivity (Wildman–Crippen MR) is 98.6 cm³/mol. The summed E-state index contributed by atoms with van der Waals surface area (Å²) in [6.07, 6.45) is 5.25. The number of allylic oxidation sites excluding steroid dienone is 1. The quantitative estimate of drug-likeness (QED) is 0.549. The van der Waals surface area contributed by atoms with Gasteiger partial charge in [0.25, 0.3) is 0 Å². The maximum atomic E-state index is 12.2. The fourth-order valence-corrected chi connectivity index (χ4v) is 2.11. The number of benzene rings is 1. The lowest BCUT2D eigenvalue weighted by atomic mass is 10.0. The van der Waals surface area contributed by atoms with Crippen LogP contribution in [-0.4, -0.2) is 31.2 Å². The van der Waals surface area contributed by atoms with Crippen LogP contribution in [0.4, 0.5) is 0 Å². The van der Waals surface area contributed by atoms with Crippen molar-refractivity contribution in [2.75, 3.05) is 13.2 Å². The molecule has 0 radical (unpaired) electrons. The van der Waals surface area contributed by atoms with Gasteiger partial charge < -0.3 is 14.8 Å². The minimum Gasteiger partial charge on any atom is -0.464 e. The molecule has 0 fully saturated rings. The van der Waals surface area contributed by atoms with E-state index < -0.39 is 12.0 Å². The van der Waals surface area contributed by atoms with Crippen molar-refractivity contribution in [3.05, 3.63) is 53.7 Å². The van der Waals surface area contributed by atoms with Crippen molar-refractivity contribution in [2.45, 2.75) is 33.7 Å². The molecule has 0 amide bonds. The fourth-order valence-electron chi connectivity index (χ4n) is 2.11. The van der Waals surface area contributed by atoms with Gasteiger partial charge in [0.2, 0.25) is 0 Å². The van der Waals surface area contributed by atoms with Crippen LogP contribution in [0.1, 0.15) is 33.3 Å². The van der Waals surface area contributed by atoms with E-state index in [2.05, 4.69) is 5.32 Å². The van der Waals surface area contributed by atoms with Crippen molar-refractivity contribution in [3.8, 4) is 0 Å². The Morgan fingerprint density at radius 3 is 2.40 bits per heavy atom. The third-order valence-electron chi connectivity index (χ3n) is 3.45. The Bertz CT molecular complexity index is 605. The molecule has 0 unspecified atom stereocenters. The highest BCUT2D eigenvalue weighted by molar-refractivity contribution is 5.89. The Kier molecular flexibility index (Phi) is 9.07. The standard InChI is InChI=1S/C20H27NO4/c1-5-17(21-18(15(3)4)20(23)24-6-2)19(22)25-14-10-13-16-11-8-7-9-12-16/h5,7-13,15,18,21H,6,14H2,1-4H3/b13-10?,17-5-/t18-/m0/s1. The Morgan fingerprint density at radius 2 is 1.84 bits per heavy atom. The smallest absolute Gasteiger partial charge is 0.354 e. The average Bonchev–Trinajstić information content (AvgIpc) is 2.60. The maximum absolute atomic E-state index is 12.2. The normalized spacial score (nSPS) is 12.9. The Balaban J connectivity index is 2.58. The van der Waals surface area contributed by atoms with Gasteiger partial charge in [0, 0.05) is 0 Å². The summed E-state index contributed by atoms with van der Waals surface area (Å²) < 4.78 is 10.3. The predicted octanol–water partition coefficient (Wildman–Crippen LogP) is 3.32. The van der Waals surface area contributed by atoms with Crippen molar-refractivity contribution >= 4 is 18.0 Å². The SMILES string of the molecule is C/C=C(\N[C@H](C(=O)OCC)C(C)C)C(=O)OCC=Cc1ccccc1. The van der Waals surface area contributed by atoms with Crippen LogP contribution in [0.3, 0.4) is 0 Å². The van der Waals surface area contributed by atoms with Gasteiger partial charge >= 0.3 is 11.9 Å². The number of carbonyl (C=O) groups excluding carboxylic acids is 2. The van der Waals surface area contributed by atoms with Gasteiger partial charge in [-0.2, -0.15) is 0 Å². The summed E-state index contributed by atoms with van der Waals surface area (Å²) in [5.74, 6) is -0.913. The highest BCUT2D eigenvalue weighted by atomic mass is 16.5. The summed E-state index contributed by atoms with van der Waals surface area (Å²) in [4.78, 5) is 24.2. The number of hydrogen-bond donors (Lipinski definition) is 1. The summed E-state index contributed by atoms with van der Waals surface area (Å²) in [6.45, 7) is 7.68. The lowest BCUT2D eigenvalue weighted by Crippen LogP contribution is -2.43. The van der Waals surface area contributed by atoms with E-state index in [1.54, 1.807) is 26.0 Å². The molecule has 5 heteroatoms. The molecule has 0 aromatic heterocycles. The highest BCUT2D eigenvalue weighted by Crippen LogP contribution is 2.08. The van der Waals surface area contributed by atoms with Crippen LogP contribution < -0.4 is 5.32 Å². The van der Waals surface area contributed by atoms with Gasteiger partial charge in [0.15, 0.2) is 0 Å². The van der Waals surface area contributed by atoms with Gasteiger partial charge in [-0.3, -0.25) is 0 Å². The van der Waals surface area contributed by atoms with E-state index in [0.717, 1.165) is 5.56 Å². The molecule has 5 nitrogen and oxygen atoms in total. The zero-order valence-electron chi connectivity index (χ0n) is 15.3. The van der Waals surface area contributed by atoms with Crippen molar-refractivity contribution in [1.82, 2.24) is 5.32 Å². The lowest BCUT2D eigenvalue weighted by molar-refractivity contribution is -0.146. The monoisotopic (exact) mass is 345 g/mol. The van der Waals surface area contributed by atoms with Gasteiger partial charge in [0.05, 0.1) is 6.61 Å². The van der Waals surface area contributed by atoms with E-state index in [9.17, 15) is 9.59 Å². The molecule has 0 aliphatic heterocycles. The molecule has 0 saturated carbocycles. The minimum atomic E-state index is -0.599. The first-order valence-electron chi connectivity index (χ1n) is 8.47. The first-order chi connectivity index (χ1) is 12.0. The molecule has 0 bridgehead atoms. The molecule has 136 valence electrons. The summed E-state index contributed by atoms with van der Waals surface area (Å²) in [7, 11) is 0. The van der Waals surface area contributed by atoms with Crippen molar-refractivity contribution in [2.24, 2.45) is 5.92 Å². The lowest BCUT2D eigenvalue weighted by Gasteiger charge is -2.22. The molecule has 0 heterocycles. The maximum Gasteiger partial charge on any atom is 0.354 e. The van der Waals surface area contributed by atoms with Crippen molar-refractivity contribution in [3.63, 3.8) is 0 Å². The molecular weight excluding hydrogens is 318 g/mol. The number of hydrogen-bond acceptors (Lipinski definition) is 5. The van der Waals surface area contributed by atoms with Crippen LogP contribution in [0.25, 0.3) is 6.08 Å². The third kappa shape index (κ3) is 7.25. The zero-order valence-corrected chi connectivity index (χ0v) is 15.3. The first kappa shape index (κ1) is 20.5. The summed E-state index contributed by atoms with van der Waals surface area (Å²) in [5, 5.41) is 2.93. The molecule has 0 aliphatic carbocycles. The topological polar surface area (TPSA) is 64.6 Å². The van der Waals surface area contributed by atoms with E-state index in [1.807, 2.05) is 50.3 Å². The van der Waals surface area contributed by atoms with Gasteiger partial charge in [0.1, 0.15) is 18.3 Å². The van der Waals surface area contributed by atoms with Gasteiger partial charge in [-0.1, -0.05) is 56.3 Å². The molecule has 1 rings (SSSR count). The van der Waals surface area contributed by atoms with Gasteiger partial charge in [-0.25, -0.2) is 9.59 Å². The fraction of sp³-hybridized carbons (Fsp3) is 0.400. The molecule has 25 heavy (non-hydrogen) atoms. The summed E-state index contributed by atoms with van der Waals surface area (Å²) >= 11 is 0. The number of carbonyl (C=O) groups is 2. The summed E-state index contributed by atoms with van der Waals surface area (Å²) in [5.41, 5.74) is 1.28. The van der Waals surface area contributed by atoms with Crippen LogP contribution in [0.2, 0.25) is 0 Å². The molecule has 1 aromatic carbocycles.